The maximum Gasteiger partial charge on any atom is 0.166 e. The summed E-state index contributed by atoms with van der Waals surface area (Å²) in [7, 11) is 0. The maximum absolute atomic E-state index is 13.9. The Labute approximate surface area is 120 Å². The molecular formula is C14H12Cl2FNO. The molecule has 0 aliphatic rings. The van der Waals surface area contributed by atoms with Crippen LogP contribution in [0.4, 0.5) is 4.39 Å². The standard InChI is InChI=1S/C14H12Cl2FNO/c1-8(18)9-2-4-14(12(17)6-9)19-13-5-3-10(15)7-11(13)16/h2-8H,18H2,1H3. The second-order valence-corrected chi connectivity index (χ2v) is 5.00. The molecule has 0 aliphatic carbocycles. The third-order valence-electron chi connectivity index (χ3n) is 2.60. The molecule has 1 unspecified atom stereocenters. The Balaban J connectivity index is 2.28. The summed E-state index contributed by atoms with van der Waals surface area (Å²) in [5.41, 5.74) is 6.38. The van der Waals surface area contributed by atoms with Crippen molar-refractivity contribution >= 4 is 23.2 Å². The van der Waals surface area contributed by atoms with Gasteiger partial charge in [-0.05, 0) is 42.8 Å². The molecule has 0 aliphatic heterocycles. The molecular weight excluding hydrogens is 288 g/mol. The number of nitrogens with two attached hydrogens (primary N) is 1. The highest BCUT2D eigenvalue weighted by Gasteiger charge is 2.10. The average Bonchev–Trinajstić information content (AvgIpc) is 2.34. The molecule has 0 bridgehead atoms. The second kappa shape index (κ2) is 5.78. The van der Waals surface area contributed by atoms with Crippen LogP contribution in [-0.2, 0) is 0 Å². The molecule has 100 valence electrons. The molecule has 0 spiro atoms. The third-order valence-corrected chi connectivity index (χ3v) is 3.13. The smallest absolute Gasteiger partial charge is 0.166 e. The fraction of sp³-hybridized carbons (Fsp3) is 0.143. The average molecular weight is 300 g/mol. The van der Waals surface area contributed by atoms with Gasteiger partial charge in [-0.1, -0.05) is 29.3 Å². The molecule has 0 heterocycles. The zero-order valence-electron chi connectivity index (χ0n) is 10.2. The van der Waals surface area contributed by atoms with E-state index in [1.54, 1.807) is 25.1 Å². The summed E-state index contributed by atoms with van der Waals surface area (Å²) in [6, 6.07) is 9.10. The van der Waals surface area contributed by atoms with Crippen molar-refractivity contribution in [2.75, 3.05) is 0 Å². The quantitative estimate of drug-likeness (QED) is 0.871. The van der Waals surface area contributed by atoms with Crippen LogP contribution in [-0.4, -0.2) is 0 Å². The lowest BCUT2D eigenvalue weighted by molar-refractivity contribution is 0.441. The minimum atomic E-state index is -0.485. The lowest BCUT2D eigenvalue weighted by atomic mass is 10.1. The normalized spacial score (nSPS) is 12.3. The van der Waals surface area contributed by atoms with Gasteiger partial charge in [0.25, 0.3) is 0 Å². The first-order chi connectivity index (χ1) is 8.97. The van der Waals surface area contributed by atoms with Gasteiger partial charge in [0.2, 0.25) is 0 Å². The van der Waals surface area contributed by atoms with E-state index in [2.05, 4.69) is 0 Å². The van der Waals surface area contributed by atoms with Crippen LogP contribution >= 0.6 is 23.2 Å². The van der Waals surface area contributed by atoms with Gasteiger partial charge >= 0.3 is 0 Å². The number of benzene rings is 2. The van der Waals surface area contributed by atoms with Gasteiger partial charge in [-0.2, -0.15) is 0 Å². The van der Waals surface area contributed by atoms with Crippen molar-refractivity contribution in [1.82, 2.24) is 0 Å². The summed E-state index contributed by atoms with van der Waals surface area (Å²) in [6.45, 7) is 1.78. The first-order valence-corrected chi connectivity index (χ1v) is 6.41. The number of hydrogen-bond donors (Lipinski definition) is 1. The van der Waals surface area contributed by atoms with Crippen LogP contribution in [0.15, 0.2) is 36.4 Å². The molecule has 0 saturated carbocycles. The van der Waals surface area contributed by atoms with E-state index in [9.17, 15) is 4.39 Å². The molecule has 0 amide bonds. The molecule has 0 saturated heterocycles. The molecule has 2 aromatic carbocycles. The Bertz CT molecular complexity index is 602. The molecule has 0 radical (unpaired) electrons. The Morgan fingerprint density at radius 3 is 2.37 bits per heavy atom. The van der Waals surface area contributed by atoms with Gasteiger partial charge in [-0.25, -0.2) is 4.39 Å². The van der Waals surface area contributed by atoms with E-state index in [-0.39, 0.29) is 11.8 Å². The van der Waals surface area contributed by atoms with Crippen LogP contribution in [0.25, 0.3) is 0 Å². The molecule has 19 heavy (non-hydrogen) atoms. The van der Waals surface area contributed by atoms with Gasteiger partial charge in [-0.3, -0.25) is 0 Å². The van der Waals surface area contributed by atoms with Crippen LogP contribution < -0.4 is 10.5 Å². The highest BCUT2D eigenvalue weighted by molar-refractivity contribution is 6.35. The van der Waals surface area contributed by atoms with Crippen molar-refractivity contribution in [3.8, 4) is 11.5 Å². The van der Waals surface area contributed by atoms with Gasteiger partial charge in [0, 0.05) is 11.1 Å². The van der Waals surface area contributed by atoms with E-state index in [1.165, 1.54) is 18.2 Å². The number of halogens is 3. The number of ether oxygens (including phenoxy) is 1. The van der Waals surface area contributed by atoms with Crippen molar-refractivity contribution in [3.05, 3.63) is 57.8 Å². The topological polar surface area (TPSA) is 35.2 Å². The SMILES string of the molecule is CC(N)c1ccc(Oc2ccc(Cl)cc2Cl)c(F)c1. The van der Waals surface area contributed by atoms with Crippen LogP contribution in [0.5, 0.6) is 11.5 Å². The molecule has 1 atom stereocenters. The monoisotopic (exact) mass is 299 g/mol. The van der Waals surface area contributed by atoms with E-state index in [0.29, 0.717) is 21.4 Å². The molecule has 5 heteroatoms. The van der Waals surface area contributed by atoms with E-state index in [4.69, 9.17) is 33.7 Å². The predicted molar refractivity (Wildman–Crippen MR) is 75.5 cm³/mol. The van der Waals surface area contributed by atoms with Crippen molar-refractivity contribution in [1.29, 1.82) is 0 Å². The highest BCUT2D eigenvalue weighted by Crippen LogP contribution is 2.33. The summed E-state index contributed by atoms with van der Waals surface area (Å²) in [5.74, 6) is -0.0482. The zero-order chi connectivity index (χ0) is 14.0. The molecule has 2 aromatic rings. The Morgan fingerprint density at radius 2 is 1.79 bits per heavy atom. The summed E-state index contributed by atoms with van der Waals surface area (Å²) in [5, 5.41) is 0.813. The van der Waals surface area contributed by atoms with E-state index in [1.807, 2.05) is 0 Å². The minimum Gasteiger partial charge on any atom is -0.453 e. The first kappa shape index (κ1) is 14.1. The van der Waals surface area contributed by atoms with Crippen LogP contribution in [0.2, 0.25) is 10.0 Å². The fourth-order valence-corrected chi connectivity index (χ4v) is 2.01. The van der Waals surface area contributed by atoms with Crippen LogP contribution in [0.3, 0.4) is 0 Å². The largest absolute Gasteiger partial charge is 0.453 e. The molecule has 0 aromatic heterocycles. The van der Waals surface area contributed by atoms with Crippen molar-refractivity contribution in [2.45, 2.75) is 13.0 Å². The highest BCUT2D eigenvalue weighted by atomic mass is 35.5. The summed E-state index contributed by atoms with van der Waals surface area (Å²) in [4.78, 5) is 0. The third kappa shape index (κ3) is 3.38. The lowest BCUT2D eigenvalue weighted by Crippen LogP contribution is -2.05. The molecule has 2 N–H and O–H groups in total. The summed E-state index contributed by atoms with van der Waals surface area (Å²) >= 11 is 11.7. The van der Waals surface area contributed by atoms with Crippen molar-refractivity contribution in [2.24, 2.45) is 5.73 Å². The van der Waals surface area contributed by atoms with Crippen molar-refractivity contribution < 1.29 is 9.13 Å². The fourth-order valence-electron chi connectivity index (χ4n) is 1.56. The lowest BCUT2D eigenvalue weighted by Gasteiger charge is -2.11. The van der Waals surface area contributed by atoms with E-state index >= 15 is 0 Å². The maximum atomic E-state index is 13.9. The predicted octanol–water partition coefficient (Wildman–Crippen LogP) is 4.94. The Hall–Kier alpha value is -1.29. The zero-order valence-corrected chi connectivity index (χ0v) is 11.7. The second-order valence-electron chi connectivity index (χ2n) is 4.16. The molecule has 2 rings (SSSR count). The molecule has 2 nitrogen and oxygen atoms in total. The number of rotatable bonds is 3. The van der Waals surface area contributed by atoms with Crippen molar-refractivity contribution in [3.63, 3.8) is 0 Å². The first-order valence-electron chi connectivity index (χ1n) is 5.65. The van der Waals surface area contributed by atoms with Gasteiger partial charge in [0.1, 0.15) is 5.75 Å². The minimum absolute atomic E-state index is 0.0913. The Kier molecular flexibility index (Phi) is 4.30. The summed E-state index contributed by atoms with van der Waals surface area (Å²) < 4.78 is 19.3. The Morgan fingerprint density at radius 1 is 1.11 bits per heavy atom. The van der Waals surface area contributed by atoms with Gasteiger partial charge in [0.05, 0.1) is 5.02 Å². The van der Waals surface area contributed by atoms with Crippen LogP contribution in [0, 0.1) is 5.82 Å². The summed E-state index contributed by atoms with van der Waals surface area (Å²) in [6.07, 6.45) is 0. The van der Waals surface area contributed by atoms with E-state index < -0.39 is 5.82 Å². The van der Waals surface area contributed by atoms with Gasteiger partial charge in [0.15, 0.2) is 11.6 Å². The molecule has 0 fully saturated rings. The van der Waals surface area contributed by atoms with Crippen LogP contribution in [0.1, 0.15) is 18.5 Å². The van der Waals surface area contributed by atoms with E-state index in [0.717, 1.165) is 0 Å². The van der Waals surface area contributed by atoms with Gasteiger partial charge in [-0.15, -0.1) is 0 Å². The number of hydrogen-bond acceptors (Lipinski definition) is 2. The van der Waals surface area contributed by atoms with Gasteiger partial charge < -0.3 is 10.5 Å².